The first-order valence-electron chi connectivity index (χ1n) is 7.23. The van der Waals surface area contributed by atoms with Crippen LogP contribution in [0, 0.1) is 11.8 Å². The molecular formula is C16H18NO5-. The standard InChI is InChI=1S/C16H19NO5/c1-22-16(21)10-6-8-11(9-7-10)17-14(18)12-4-2-3-5-13(12)15(19)20/h6-9,12-13H,2-5H2,1H3,(H,17,18)(H,19,20)/p-1/t12-,13-/m0/s1. The molecule has 2 rings (SSSR count). The molecular weight excluding hydrogens is 286 g/mol. The summed E-state index contributed by atoms with van der Waals surface area (Å²) < 4.78 is 4.59. The van der Waals surface area contributed by atoms with Crippen LogP contribution in [0.4, 0.5) is 5.69 Å². The maximum atomic E-state index is 12.3. The molecule has 1 aromatic rings. The van der Waals surface area contributed by atoms with E-state index in [4.69, 9.17) is 0 Å². The number of carboxylic acid groups (broad SMARTS) is 1. The molecule has 1 aliphatic rings. The van der Waals surface area contributed by atoms with Crippen LogP contribution < -0.4 is 10.4 Å². The molecule has 0 aliphatic heterocycles. The fourth-order valence-electron chi connectivity index (χ4n) is 2.77. The quantitative estimate of drug-likeness (QED) is 0.836. The number of esters is 1. The summed E-state index contributed by atoms with van der Waals surface area (Å²) in [6, 6.07) is 6.25. The Morgan fingerprint density at radius 1 is 1.09 bits per heavy atom. The van der Waals surface area contributed by atoms with Crippen LogP contribution in [0.5, 0.6) is 0 Å². The maximum Gasteiger partial charge on any atom is 0.337 e. The van der Waals surface area contributed by atoms with Crippen molar-refractivity contribution in [2.75, 3.05) is 12.4 Å². The lowest BCUT2D eigenvalue weighted by Gasteiger charge is -2.31. The van der Waals surface area contributed by atoms with Gasteiger partial charge in [0.15, 0.2) is 0 Å². The number of aliphatic carboxylic acids is 1. The molecule has 0 unspecified atom stereocenters. The highest BCUT2D eigenvalue weighted by Crippen LogP contribution is 2.30. The second-order valence-electron chi connectivity index (χ2n) is 5.37. The second kappa shape index (κ2) is 7.06. The molecule has 0 spiro atoms. The molecule has 1 aromatic carbocycles. The minimum Gasteiger partial charge on any atom is -0.550 e. The lowest BCUT2D eigenvalue weighted by Crippen LogP contribution is -2.42. The van der Waals surface area contributed by atoms with E-state index in [1.54, 1.807) is 24.3 Å². The summed E-state index contributed by atoms with van der Waals surface area (Å²) in [6.07, 6.45) is 2.66. The van der Waals surface area contributed by atoms with E-state index in [0.717, 1.165) is 12.8 Å². The highest BCUT2D eigenvalue weighted by Gasteiger charge is 2.31. The molecule has 1 aliphatic carbocycles. The SMILES string of the molecule is COC(=O)c1ccc(NC(=O)[C@H]2CCCC[C@@H]2C(=O)[O-])cc1. The monoisotopic (exact) mass is 304 g/mol. The van der Waals surface area contributed by atoms with Crippen LogP contribution in [-0.4, -0.2) is 25.0 Å². The Morgan fingerprint density at radius 2 is 1.68 bits per heavy atom. The molecule has 0 saturated heterocycles. The van der Waals surface area contributed by atoms with Gasteiger partial charge in [0, 0.05) is 23.5 Å². The number of anilines is 1. The van der Waals surface area contributed by atoms with Crippen molar-refractivity contribution in [3.05, 3.63) is 29.8 Å². The zero-order valence-corrected chi connectivity index (χ0v) is 12.3. The summed E-state index contributed by atoms with van der Waals surface area (Å²) in [6.45, 7) is 0. The Labute approximate surface area is 128 Å². The van der Waals surface area contributed by atoms with Gasteiger partial charge in [-0.2, -0.15) is 0 Å². The number of carbonyl (C=O) groups is 3. The number of benzene rings is 1. The van der Waals surface area contributed by atoms with Gasteiger partial charge in [-0.3, -0.25) is 4.79 Å². The lowest BCUT2D eigenvalue weighted by molar-refractivity contribution is -0.313. The summed E-state index contributed by atoms with van der Waals surface area (Å²) in [5.74, 6) is -3.25. The fourth-order valence-corrected chi connectivity index (χ4v) is 2.77. The summed E-state index contributed by atoms with van der Waals surface area (Å²) >= 11 is 0. The van der Waals surface area contributed by atoms with Gasteiger partial charge in [0.2, 0.25) is 5.91 Å². The van der Waals surface area contributed by atoms with Crippen molar-refractivity contribution in [2.45, 2.75) is 25.7 Å². The minimum atomic E-state index is -1.17. The van der Waals surface area contributed by atoms with E-state index in [2.05, 4.69) is 10.1 Å². The predicted octanol–water partition coefficient (Wildman–Crippen LogP) is 0.968. The van der Waals surface area contributed by atoms with E-state index < -0.39 is 23.8 Å². The molecule has 0 heterocycles. The number of hydrogen-bond acceptors (Lipinski definition) is 5. The van der Waals surface area contributed by atoms with Crippen LogP contribution in [-0.2, 0) is 14.3 Å². The Hall–Kier alpha value is -2.37. The molecule has 6 nitrogen and oxygen atoms in total. The molecule has 1 N–H and O–H groups in total. The van der Waals surface area contributed by atoms with Gasteiger partial charge in [-0.05, 0) is 37.1 Å². The number of methoxy groups -OCH3 is 1. The zero-order valence-electron chi connectivity index (χ0n) is 12.3. The third-order valence-electron chi connectivity index (χ3n) is 3.98. The first kappa shape index (κ1) is 16.0. The van der Waals surface area contributed by atoms with E-state index in [1.165, 1.54) is 7.11 Å². The summed E-state index contributed by atoms with van der Waals surface area (Å²) in [5.41, 5.74) is 0.895. The molecule has 1 fully saturated rings. The number of carboxylic acids is 1. The van der Waals surface area contributed by atoms with Crippen LogP contribution >= 0.6 is 0 Å². The van der Waals surface area contributed by atoms with Crippen molar-refractivity contribution in [1.82, 2.24) is 0 Å². The number of hydrogen-bond donors (Lipinski definition) is 1. The lowest BCUT2D eigenvalue weighted by atomic mass is 9.78. The number of nitrogens with one attached hydrogen (secondary N) is 1. The smallest absolute Gasteiger partial charge is 0.337 e. The summed E-state index contributed by atoms with van der Waals surface area (Å²) in [5, 5.41) is 13.8. The highest BCUT2D eigenvalue weighted by molar-refractivity contribution is 5.96. The van der Waals surface area contributed by atoms with Crippen molar-refractivity contribution in [1.29, 1.82) is 0 Å². The zero-order chi connectivity index (χ0) is 16.1. The van der Waals surface area contributed by atoms with Crippen molar-refractivity contribution < 1.29 is 24.2 Å². The molecule has 118 valence electrons. The normalized spacial score (nSPS) is 21.0. The van der Waals surface area contributed by atoms with Crippen molar-refractivity contribution >= 4 is 23.5 Å². The van der Waals surface area contributed by atoms with Crippen molar-refractivity contribution in [3.8, 4) is 0 Å². The molecule has 6 heteroatoms. The van der Waals surface area contributed by atoms with Gasteiger partial charge in [0.05, 0.1) is 12.7 Å². The van der Waals surface area contributed by atoms with Gasteiger partial charge < -0.3 is 20.0 Å². The summed E-state index contributed by atoms with van der Waals surface area (Å²) in [7, 11) is 1.29. The minimum absolute atomic E-state index is 0.320. The third-order valence-corrected chi connectivity index (χ3v) is 3.98. The molecule has 0 aromatic heterocycles. The van der Waals surface area contributed by atoms with E-state index in [1.807, 2.05) is 0 Å². The van der Waals surface area contributed by atoms with Crippen LogP contribution in [0.1, 0.15) is 36.0 Å². The summed E-state index contributed by atoms with van der Waals surface area (Å²) in [4.78, 5) is 34.7. The Kier molecular flexibility index (Phi) is 5.14. The van der Waals surface area contributed by atoms with E-state index in [9.17, 15) is 19.5 Å². The Morgan fingerprint density at radius 3 is 2.23 bits per heavy atom. The Balaban J connectivity index is 2.04. The van der Waals surface area contributed by atoms with Gasteiger partial charge in [-0.1, -0.05) is 12.8 Å². The van der Waals surface area contributed by atoms with Crippen LogP contribution in [0.15, 0.2) is 24.3 Å². The Bertz CT molecular complexity index is 566. The van der Waals surface area contributed by atoms with Gasteiger partial charge in [-0.25, -0.2) is 4.79 Å². The molecule has 0 bridgehead atoms. The first-order valence-corrected chi connectivity index (χ1v) is 7.23. The number of amides is 1. The van der Waals surface area contributed by atoms with Crippen LogP contribution in [0.25, 0.3) is 0 Å². The average Bonchev–Trinajstić information content (AvgIpc) is 2.54. The number of rotatable bonds is 4. The number of ether oxygens (including phenoxy) is 1. The van der Waals surface area contributed by atoms with E-state index >= 15 is 0 Å². The van der Waals surface area contributed by atoms with E-state index in [0.29, 0.717) is 24.1 Å². The average molecular weight is 304 g/mol. The second-order valence-corrected chi connectivity index (χ2v) is 5.37. The topological polar surface area (TPSA) is 95.5 Å². The molecule has 1 saturated carbocycles. The van der Waals surface area contributed by atoms with Gasteiger partial charge >= 0.3 is 5.97 Å². The van der Waals surface area contributed by atoms with Gasteiger partial charge in [0.1, 0.15) is 0 Å². The molecule has 0 radical (unpaired) electrons. The van der Waals surface area contributed by atoms with Crippen LogP contribution in [0.2, 0.25) is 0 Å². The van der Waals surface area contributed by atoms with Crippen molar-refractivity contribution in [2.24, 2.45) is 11.8 Å². The largest absolute Gasteiger partial charge is 0.550 e. The van der Waals surface area contributed by atoms with Crippen molar-refractivity contribution in [3.63, 3.8) is 0 Å². The van der Waals surface area contributed by atoms with Gasteiger partial charge in [0.25, 0.3) is 0 Å². The molecule has 2 atom stereocenters. The highest BCUT2D eigenvalue weighted by atomic mass is 16.5. The van der Waals surface area contributed by atoms with Gasteiger partial charge in [-0.15, -0.1) is 0 Å². The fraction of sp³-hybridized carbons (Fsp3) is 0.438. The maximum absolute atomic E-state index is 12.3. The molecule has 1 amide bonds. The molecule has 22 heavy (non-hydrogen) atoms. The first-order chi connectivity index (χ1) is 10.5. The number of carbonyl (C=O) groups excluding carboxylic acids is 3. The van der Waals surface area contributed by atoms with Crippen LogP contribution in [0.3, 0.4) is 0 Å². The van der Waals surface area contributed by atoms with E-state index in [-0.39, 0.29) is 5.91 Å². The predicted molar refractivity (Wildman–Crippen MR) is 76.9 cm³/mol. The third kappa shape index (κ3) is 3.63.